The maximum atomic E-state index is 13.8. The van der Waals surface area contributed by atoms with Crippen LogP contribution in [0.2, 0.25) is 0 Å². The van der Waals surface area contributed by atoms with Gasteiger partial charge in [0.15, 0.2) is 0 Å². The van der Waals surface area contributed by atoms with E-state index in [4.69, 9.17) is 0 Å². The topological polar surface area (TPSA) is 29.9 Å². The molecule has 1 heterocycles. The van der Waals surface area contributed by atoms with Crippen LogP contribution in [-0.4, -0.2) is 16.6 Å². The Morgan fingerprint density at radius 3 is 2.83 bits per heavy atom. The minimum Gasteiger partial charge on any atom is -0.337 e. The average molecular weight is 312 g/mol. The van der Waals surface area contributed by atoms with Crippen molar-refractivity contribution < 1.29 is 4.39 Å². The van der Waals surface area contributed by atoms with Gasteiger partial charge in [-0.25, -0.2) is 9.37 Å². The van der Waals surface area contributed by atoms with Crippen LogP contribution in [-0.2, 0) is 13.5 Å². The molecule has 0 radical (unpaired) electrons. The van der Waals surface area contributed by atoms with Crippen molar-refractivity contribution in [2.75, 3.05) is 7.05 Å². The molecule has 96 valence electrons. The lowest BCUT2D eigenvalue weighted by molar-refractivity contribution is 0.519. The predicted octanol–water partition coefficient (Wildman–Crippen LogP) is 2.82. The first kappa shape index (κ1) is 13.2. The summed E-state index contributed by atoms with van der Waals surface area (Å²) >= 11 is 3.26. The van der Waals surface area contributed by atoms with Crippen LogP contribution in [0.3, 0.4) is 0 Å². The molecule has 0 saturated carbocycles. The Hall–Kier alpha value is -1.20. The number of halogens is 2. The number of hydrogen-bond acceptors (Lipinski definition) is 2. The Balaban J connectivity index is 2.23. The van der Waals surface area contributed by atoms with Crippen molar-refractivity contribution in [3.63, 3.8) is 0 Å². The second kappa shape index (κ2) is 5.63. The lowest BCUT2D eigenvalue weighted by atomic mass is 10.0. The molecule has 3 nitrogen and oxygen atoms in total. The largest absolute Gasteiger partial charge is 0.337 e. The predicted molar refractivity (Wildman–Crippen MR) is 72.8 cm³/mol. The smallest absolute Gasteiger partial charge is 0.127 e. The van der Waals surface area contributed by atoms with E-state index in [-0.39, 0.29) is 11.9 Å². The van der Waals surface area contributed by atoms with Gasteiger partial charge in [0.1, 0.15) is 11.6 Å². The fourth-order valence-corrected chi connectivity index (χ4v) is 2.28. The van der Waals surface area contributed by atoms with E-state index in [1.54, 1.807) is 12.3 Å². The van der Waals surface area contributed by atoms with Crippen molar-refractivity contribution in [2.24, 2.45) is 7.05 Å². The van der Waals surface area contributed by atoms with Crippen LogP contribution in [0, 0.1) is 5.82 Å². The van der Waals surface area contributed by atoms with Gasteiger partial charge in [0, 0.05) is 23.9 Å². The summed E-state index contributed by atoms with van der Waals surface area (Å²) in [6.45, 7) is 0. The average Bonchev–Trinajstić information content (AvgIpc) is 2.75. The maximum Gasteiger partial charge on any atom is 0.127 e. The molecule has 2 aromatic rings. The van der Waals surface area contributed by atoms with Crippen LogP contribution >= 0.6 is 15.9 Å². The van der Waals surface area contributed by atoms with E-state index in [1.165, 1.54) is 6.07 Å². The molecule has 1 aromatic carbocycles. The van der Waals surface area contributed by atoms with Crippen LogP contribution in [0.15, 0.2) is 35.1 Å². The second-order valence-corrected chi connectivity index (χ2v) is 5.09. The molecule has 1 aromatic heterocycles. The Labute approximate surface area is 114 Å². The molecule has 18 heavy (non-hydrogen) atoms. The highest BCUT2D eigenvalue weighted by Gasteiger charge is 2.16. The van der Waals surface area contributed by atoms with Crippen LogP contribution in [0.1, 0.15) is 17.4 Å². The molecule has 0 amide bonds. The third kappa shape index (κ3) is 2.79. The number of imidazole rings is 1. The van der Waals surface area contributed by atoms with Crippen LogP contribution < -0.4 is 5.32 Å². The van der Waals surface area contributed by atoms with Crippen LogP contribution in [0.4, 0.5) is 4.39 Å². The molecule has 0 fully saturated rings. The normalized spacial score (nSPS) is 12.7. The molecular weight excluding hydrogens is 297 g/mol. The fourth-order valence-electron chi connectivity index (χ4n) is 1.94. The first-order valence-corrected chi connectivity index (χ1v) is 6.49. The molecule has 0 aliphatic heterocycles. The van der Waals surface area contributed by atoms with E-state index >= 15 is 0 Å². The zero-order valence-corrected chi connectivity index (χ0v) is 11.9. The Morgan fingerprint density at radius 2 is 2.28 bits per heavy atom. The Bertz CT molecular complexity index is 539. The van der Waals surface area contributed by atoms with Gasteiger partial charge < -0.3 is 9.88 Å². The van der Waals surface area contributed by atoms with E-state index in [1.807, 2.05) is 30.9 Å². The number of nitrogens with one attached hydrogen (secondary N) is 1. The maximum absolute atomic E-state index is 13.8. The molecule has 1 N–H and O–H groups in total. The highest BCUT2D eigenvalue weighted by Crippen LogP contribution is 2.21. The second-order valence-electron chi connectivity index (χ2n) is 4.18. The summed E-state index contributed by atoms with van der Waals surface area (Å²) in [5, 5.41) is 3.17. The molecule has 0 aliphatic carbocycles. The van der Waals surface area contributed by atoms with E-state index in [9.17, 15) is 4.39 Å². The number of likely N-dealkylation sites (N-methyl/N-ethyl adjacent to an activating group) is 1. The summed E-state index contributed by atoms with van der Waals surface area (Å²) in [7, 11) is 3.79. The summed E-state index contributed by atoms with van der Waals surface area (Å²) in [4.78, 5) is 4.30. The first-order chi connectivity index (χ1) is 8.61. The number of hydrogen-bond donors (Lipinski definition) is 1. The molecule has 0 saturated heterocycles. The van der Waals surface area contributed by atoms with Crippen molar-refractivity contribution in [2.45, 2.75) is 12.5 Å². The molecule has 5 heteroatoms. The van der Waals surface area contributed by atoms with Gasteiger partial charge in [0.05, 0.1) is 6.04 Å². The fraction of sp³-hybridized carbons (Fsp3) is 0.308. The van der Waals surface area contributed by atoms with E-state index in [0.717, 1.165) is 10.3 Å². The molecular formula is C13H15BrFN3. The number of benzene rings is 1. The summed E-state index contributed by atoms with van der Waals surface area (Å²) in [5.74, 6) is 0.707. The SMILES string of the molecule is CNC(Cc1ccc(Br)cc1F)c1nccn1C. The van der Waals surface area contributed by atoms with Gasteiger partial charge in [-0.1, -0.05) is 22.0 Å². The standard InChI is InChI=1S/C13H15BrFN3/c1-16-12(13-17-5-6-18(13)2)7-9-3-4-10(14)8-11(9)15/h3-6,8,12,16H,7H2,1-2H3. The molecule has 1 atom stereocenters. The lowest BCUT2D eigenvalue weighted by Crippen LogP contribution is -2.22. The number of rotatable bonds is 4. The minimum absolute atomic E-state index is 0.000625. The van der Waals surface area contributed by atoms with Crippen molar-refractivity contribution in [1.82, 2.24) is 14.9 Å². The molecule has 0 spiro atoms. The molecule has 0 bridgehead atoms. The number of nitrogens with zero attached hydrogens (tertiary/aromatic N) is 2. The Morgan fingerprint density at radius 1 is 1.50 bits per heavy atom. The van der Waals surface area contributed by atoms with Crippen molar-refractivity contribution in [3.05, 3.63) is 52.3 Å². The summed E-state index contributed by atoms with van der Waals surface area (Å²) in [6.07, 6.45) is 4.20. The quantitative estimate of drug-likeness (QED) is 0.941. The molecule has 0 aliphatic rings. The minimum atomic E-state index is -0.196. The van der Waals surface area contributed by atoms with Gasteiger partial charge in [-0.15, -0.1) is 0 Å². The van der Waals surface area contributed by atoms with Gasteiger partial charge in [-0.05, 0) is 31.2 Å². The highest BCUT2D eigenvalue weighted by atomic mass is 79.9. The molecule has 1 unspecified atom stereocenters. The summed E-state index contributed by atoms with van der Waals surface area (Å²) < 4.78 is 16.5. The van der Waals surface area contributed by atoms with E-state index in [2.05, 4.69) is 26.2 Å². The zero-order valence-electron chi connectivity index (χ0n) is 10.3. The zero-order chi connectivity index (χ0) is 13.1. The van der Waals surface area contributed by atoms with Crippen molar-refractivity contribution in [3.8, 4) is 0 Å². The number of aryl methyl sites for hydroxylation is 1. The third-order valence-corrected chi connectivity index (χ3v) is 3.45. The number of aromatic nitrogens is 2. The summed E-state index contributed by atoms with van der Waals surface area (Å²) in [5.41, 5.74) is 0.681. The van der Waals surface area contributed by atoms with Gasteiger partial charge in [0.25, 0.3) is 0 Å². The van der Waals surface area contributed by atoms with E-state index < -0.39 is 0 Å². The van der Waals surface area contributed by atoms with Gasteiger partial charge in [-0.3, -0.25) is 0 Å². The van der Waals surface area contributed by atoms with Gasteiger partial charge >= 0.3 is 0 Å². The first-order valence-electron chi connectivity index (χ1n) is 5.70. The van der Waals surface area contributed by atoms with Gasteiger partial charge in [-0.2, -0.15) is 0 Å². The monoisotopic (exact) mass is 311 g/mol. The lowest BCUT2D eigenvalue weighted by Gasteiger charge is -2.16. The van der Waals surface area contributed by atoms with E-state index in [0.29, 0.717) is 12.0 Å². The third-order valence-electron chi connectivity index (χ3n) is 2.96. The van der Waals surface area contributed by atoms with Crippen LogP contribution in [0.5, 0.6) is 0 Å². The summed E-state index contributed by atoms with van der Waals surface area (Å²) in [6, 6.07) is 5.14. The van der Waals surface area contributed by atoms with Crippen LogP contribution in [0.25, 0.3) is 0 Å². The molecule has 2 rings (SSSR count). The Kier molecular flexibility index (Phi) is 4.14. The van der Waals surface area contributed by atoms with Gasteiger partial charge in [0.2, 0.25) is 0 Å². The van der Waals surface area contributed by atoms with Crippen molar-refractivity contribution in [1.29, 1.82) is 0 Å². The van der Waals surface area contributed by atoms with Crippen molar-refractivity contribution >= 4 is 15.9 Å². The highest BCUT2D eigenvalue weighted by molar-refractivity contribution is 9.10.